The molecule has 2 N–H and O–H groups in total. The van der Waals surface area contributed by atoms with E-state index in [1.165, 1.54) is 11.3 Å². The van der Waals surface area contributed by atoms with Crippen LogP contribution >= 0.6 is 0 Å². The van der Waals surface area contributed by atoms with Crippen LogP contribution in [0.4, 0.5) is 0 Å². The SMILES string of the molecule is CCNC(=NCc1c(C)nn(C)c1C)NCCC(C)C. The van der Waals surface area contributed by atoms with E-state index in [1.54, 1.807) is 0 Å². The molecule has 1 aromatic rings. The number of guanidine groups is 1. The van der Waals surface area contributed by atoms with Crippen molar-refractivity contribution in [2.75, 3.05) is 13.1 Å². The summed E-state index contributed by atoms with van der Waals surface area (Å²) in [7, 11) is 1.97. The van der Waals surface area contributed by atoms with Crippen LogP contribution in [-0.4, -0.2) is 28.8 Å². The second kappa shape index (κ2) is 7.92. The maximum Gasteiger partial charge on any atom is 0.191 e. The highest BCUT2D eigenvalue weighted by Crippen LogP contribution is 2.12. The van der Waals surface area contributed by atoms with Crippen molar-refractivity contribution < 1.29 is 0 Å². The van der Waals surface area contributed by atoms with E-state index >= 15 is 0 Å². The van der Waals surface area contributed by atoms with Gasteiger partial charge < -0.3 is 10.6 Å². The molecule has 0 aliphatic carbocycles. The summed E-state index contributed by atoms with van der Waals surface area (Å²) >= 11 is 0. The predicted octanol–water partition coefficient (Wildman–Crippen LogP) is 2.14. The highest BCUT2D eigenvalue weighted by atomic mass is 15.3. The Morgan fingerprint density at radius 3 is 2.50 bits per heavy atom. The van der Waals surface area contributed by atoms with Crippen LogP contribution in [0.15, 0.2) is 4.99 Å². The van der Waals surface area contributed by atoms with Gasteiger partial charge in [0.1, 0.15) is 0 Å². The zero-order valence-electron chi connectivity index (χ0n) is 13.7. The topological polar surface area (TPSA) is 54.2 Å². The number of hydrogen-bond acceptors (Lipinski definition) is 2. The number of nitrogens with one attached hydrogen (secondary N) is 2. The third kappa shape index (κ3) is 4.87. The zero-order valence-corrected chi connectivity index (χ0v) is 13.7. The van der Waals surface area contributed by atoms with E-state index in [4.69, 9.17) is 0 Å². The van der Waals surface area contributed by atoms with E-state index in [0.717, 1.165) is 31.2 Å². The number of rotatable bonds is 6. The largest absolute Gasteiger partial charge is 0.357 e. The van der Waals surface area contributed by atoms with Crippen LogP contribution in [0, 0.1) is 19.8 Å². The van der Waals surface area contributed by atoms with Crippen LogP contribution in [0.2, 0.25) is 0 Å². The Morgan fingerprint density at radius 1 is 1.30 bits per heavy atom. The van der Waals surface area contributed by atoms with Gasteiger partial charge in [-0.15, -0.1) is 0 Å². The van der Waals surface area contributed by atoms with Gasteiger partial charge in [-0.3, -0.25) is 4.68 Å². The highest BCUT2D eigenvalue weighted by Gasteiger charge is 2.08. The van der Waals surface area contributed by atoms with Crippen molar-refractivity contribution in [3.8, 4) is 0 Å². The maximum atomic E-state index is 4.66. The van der Waals surface area contributed by atoms with Gasteiger partial charge >= 0.3 is 0 Å². The lowest BCUT2D eigenvalue weighted by molar-refractivity contribution is 0.573. The molecule has 1 rings (SSSR count). The Morgan fingerprint density at radius 2 is 2.00 bits per heavy atom. The molecule has 0 bridgehead atoms. The van der Waals surface area contributed by atoms with E-state index in [0.29, 0.717) is 12.5 Å². The van der Waals surface area contributed by atoms with E-state index in [1.807, 2.05) is 18.7 Å². The van der Waals surface area contributed by atoms with Gasteiger partial charge in [0.15, 0.2) is 5.96 Å². The van der Waals surface area contributed by atoms with Crippen molar-refractivity contribution in [2.24, 2.45) is 18.0 Å². The Kier molecular flexibility index (Phi) is 6.55. The summed E-state index contributed by atoms with van der Waals surface area (Å²) in [4.78, 5) is 4.66. The molecule has 0 atom stereocenters. The van der Waals surface area contributed by atoms with Gasteiger partial charge in [0, 0.05) is 31.4 Å². The van der Waals surface area contributed by atoms with Crippen LogP contribution < -0.4 is 10.6 Å². The molecule has 0 aliphatic heterocycles. The van der Waals surface area contributed by atoms with Crippen molar-refractivity contribution in [2.45, 2.75) is 47.6 Å². The van der Waals surface area contributed by atoms with Gasteiger partial charge in [-0.1, -0.05) is 13.8 Å². The molecule has 0 radical (unpaired) electrons. The molecular weight excluding hydrogens is 250 g/mol. The summed E-state index contributed by atoms with van der Waals surface area (Å²) in [6.45, 7) is 13.2. The normalized spacial score (nSPS) is 12.1. The summed E-state index contributed by atoms with van der Waals surface area (Å²) in [6, 6.07) is 0. The molecule has 0 amide bonds. The number of aliphatic imine (C=N–C) groups is 1. The standard InChI is InChI=1S/C15H29N5/c1-7-16-15(17-9-8-11(2)3)18-10-14-12(4)19-20(6)13(14)5/h11H,7-10H2,1-6H3,(H2,16,17,18). The Balaban J connectivity index is 2.66. The number of nitrogens with zero attached hydrogens (tertiary/aromatic N) is 3. The monoisotopic (exact) mass is 279 g/mol. The molecule has 0 saturated heterocycles. The fourth-order valence-corrected chi connectivity index (χ4v) is 2.03. The Labute approximate surface area is 122 Å². The summed E-state index contributed by atoms with van der Waals surface area (Å²) in [6.07, 6.45) is 1.15. The number of aromatic nitrogens is 2. The molecule has 0 aliphatic rings. The maximum absolute atomic E-state index is 4.66. The van der Waals surface area contributed by atoms with Crippen molar-refractivity contribution in [3.05, 3.63) is 17.0 Å². The molecule has 0 fully saturated rings. The Hall–Kier alpha value is -1.52. The van der Waals surface area contributed by atoms with Gasteiger partial charge in [0.05, 0.1) is 12.2 Å². The van der Waals surface area contributed by atoms with Crippen LogP contribution in [0.5, 0.6) is 0 Å². The molecule has 0 unspecified atom stereocenters. The molecule has 5 heteroatoms. The van der Waals surface area contributed by atoms with Crippen molar-refractivity contribution in [3.63, 3.8) is 0 Å². The van der Waals surface area contributed by atoms with E-state index < -0.39 is 0 Å². The molecule has 5 nitrogen and oxygen atoms in total. The second-order valence-electron chi connectivity index (χ2n) is 5.58. The lowest BCUT2D eigenvalue weighted by Gasteiger charge is -2.12. The molecule has 0 saturated carbocycles. The molecular formula is C15H29N5. The zero-order chi connectivity index (χ0) is 15.1. The van der Waals surface area contributed by atoms with Gasteiger partial charge in [-0.25, -0.2) is 4.99 Å². The lowest BCUT2D eigenvalue weighted by atomic mass is 10.1. The first kappa shape index (κ1) is 16.5. The highest BCUT2D eigenvalue weighted by molar-refractivity contribution is 5.79. The molecule has 0 spiro atoms. The average molecular weight is 279 g/mol. The molecule has 1 heterocycles. The average Bonchev–Trinajstić information content (AvgIpc) is 2.60. The fraction of sp³-hybridized carbons (Fsp3) is 0.733. The first-order chi connectivity index (χ1) is 9.45. The van der Waals surface area contributed by atoms with Crippen molar-refractivity contribution in [1.29, 1.82) is 0 Å². The van der Waals surface area contributed by atoms with Crippen molar-refractivity contribution in [1.82, 2.24) is 20.4 Å². The molecule has 0 aromatic carbocycles. The van der Waals surface area contributed by atoms with E-state index in [2.05, 4.69) is 48.4 Å². The van der Waals surface area contributed by atoms with E-state index in [9.17, 15) is 0 Å². The minimum Gasteiger partial charge on any atom is -0.357 e. The van der Waals surface area contributed by atoms with Crippen LogP contribution in [0.25, 0.3) is 0 Å². The molecule has 1 aromatic heterocycles. The van der Waals surface area contributed by atoms with Crippen LogP contribution in [0.3, 0.4) is 0 Å². The third-order valence-electron chi connectivity index (χ3n) is 3.41. The summed E-state index contributed by atoms with van der Waals surface area (Å²) in [5, 5.41) is 11.1. The summed E-state index contributed by atoms with van der Waals surface area (Å²) in [5.41, 5.74) is 3.46. The third-order valence-corrected chi connectivity index (χ3v) is 3.41. The first-order valence-corrected chi connectivity index (χ1v) is 7.46. The second-order valence-corrected chi connectivity index (χ2v) is 5.58. The van der Waals surface area contributed by atoms with Gasteiger partial charge in [-0.05, 0) is 33.1 Å². The molecule has 114 valence electrons. The smallest absolute Gasteiger partial charge is 0.191 e. The molecule has 20 heavy (non-hydrogen) atoms. The van der Waals surface area contributed by atoms with Crippen LogP contribution in [-0.2, 0) is 13.6 Å². The lowest BCUT2D eigenvalue weighted by Crippen LogP contribution is -2.38. The predicted molar refractivity (Wildman–Crippen MR) is 85.0 cm³/mol. The number of aryl methyl sites for hydroxylation is 2. The van der Waals surface area contributed by atoms with Crippen LogP contribution in [0.1, 0.15) is 44.1 Å². The summed E-state index contributed by atoms with van der Waals surface area (Å²) < 4.78 is 1.92. The number of hydrogen-bond donors (Lipinski definition) is 2. The van der Waals surface area contributed by atoms with Gasteiger partial charge in [-0.2, -0.15) is 5.10 Å². The minimum atomic E-state index is 0.669. The minimum absolute atomic E-state index is 0.669. The van der Waals surface area contributed by atoms with Gasteiger partial charge in [0.25, 0.3) is 0 Å². The van der Waals surface area contributed by atoms with Crippen molar-refractivity contribution >= 4 is 5.96 Å². The summed E-state index contributed by atoms with van der Waals surface area (Å²) in [5.74, 6) is 1.59. The Bertz CT molecular complexity index is 445. The van der Waals surface area contributed by atoms with E-state index in [-0.39, 0.29) is 0 Å². The van der Waals surface area contributed by atoms with Gasteiger partial charge in [0.2, 0.25) is 0 Å². The fourth-order valence-electron chi connectivity index (χ4n) is 2.03. The quantitative estimate of drug-likeness (QED) is 0.619. The first-order valence-electron chi connectivity index (χ1n) is 7.46.